The van der Waals surface area contributed by atoms with Crippen LogP contribution in [0.2, 0.25) is 0 Å². The van der Waals surface area contributed by atoms with Gasteiger partial charge in [-0.1, -0.05) is 36.4 Å². The van der Waals surface area contributed by atoms with Crippen LogP contribution in [0.3, 0.4) is 0 Å². The highest BCUT2D eigenvalue weighted by Crippen LogP contribution is 2.17. The van der Waals surface area contributed by atoms with E-state index < -0.39 is 0 Å². The van der Waals surface area contributed by atoms with Gasteiger partial charge in [-0.05, 0) is 24.6 Å². The summed E-state index contributed by atoms with van der Waals surface area (Å²) in [5, 5.41) is 6.72. The minimum absolute atomic E-state index is 0.638. The van der Waals surface area contributed by atoms with Crippen molar-refractivity contribution >= 4 is 5.96 Å². The summed E-state index contributed by atoms with van der Waals surface area (Å²) in [6.07, 6.45) is 5.52. The lowest BCUT2D eigenvalue weighted by atomic mass is 10.1. The number of hydrogen-bond acceptors (Lipinski definition) is 3. The minimum atomic E-state index is 0.638. The number of imidazole rings is 1. The lowest BCUT2D eigenvalue weighted by Gasteiger charge is -2.16. The summed E-state index contributed by atoms with van der Waals surface area (Å²) in [6, 6.07) is 16.3. The number of aliphatic imine (C=N–C) groups is 1. The second kappa shape index (κ2) is 9.43. The molecule has 0 fully saturated rings. The Hall–Kier alpha value is -3.28. The highest BCUT2D eigenvalue weighted by molar-refractivity contribution is 5.79. The molecule has 2 aromatic carbocycles. The van der Waals surface area contributed by atoms with E-state index in [1.165, 1.54) is 0 Å². The Morgan fingerprint density at radius 3 is 2.44 bits per heavy atom. The number of para-hydroxylation sites is 2. The normalized spacial score (nSPS) is 11.3. The van der Waals surface area contributed by atoms with E-state index in [1.54, 1.807) is 19.6 Å². The highest BCUT2D eigenvalue weighted by Gasteiger charge is 2.07. The van der Waals surface area contributed by atoms with Crippen molar-refractivity contribution < 1.29 is 4.74 Å². The fraction of sp³-hybridized carbons (Fsp3) is 0.238. The molecule has 140 valence electrons. The average Bonchev–Trinajstić information content (AvgIpc) is 3.24. The molecule has 0 atom stereocenters. The first-order valence-electron chi connectivity index (χ1n) is 9.03. The predicted molar refractivity (Wildman–Crippen MR) is 108 cm³/mol. The standard InChI is InChI=1S/C21H25N5O/c1-3-27-20-11-7-5-9-18(20)15-25-21(22-2)24-14-17-8-4-6-10-19(17)26-13-12-23-16-26/h4-13,16H,3,14-15H2,1-2H3,(H2,22,24,25). The number of benzene rings is 2. The Kier molecular flexibility index (Phi) is 6.46. The van der Waals surface area contributed by atoms with Gasteiger partial charge in [0.05, 0.1) is 18.6 Å². The number of nitrogens with zero attached hydrogens (tertiary/aromatic N) is 3. The molecule has 0 aliphatic heterocycles. The molecular weight excluding hydrogens is 338 g/mol. The largest absolute Gasteiger partial charge is 0.494 e. The van der Waals surface area contributed by atoms with Crippen LogP contribution in [-0.2, 0) is 13.1 Å². The molecule has 0 aliphatic carbocycles. The number of hydrogen-bond donors (Lipinski definition) is 2. The van der Waals surface area contributed by atoms with Crippen molar-refractivity contribution in [1.82, 2.24) is 20.2 Å². The lowest BCUT2D eigenvalue weighted by molar-refractivity contribution is 0.336. The first-order chi connectivity index (χ1) is 13.3. The smallest absolute Gasteiger partial charge is 0.191 e. The topological polar surface area (TPSA) is 63.5 Å². The van der Waals surface area contributed by atoms with Crippen LogP contribution < -0.4 is 15.4 Å². The maximum atomic E-state index is 5.68. The lowest BCUT2D eigenvalue weighted by Crippen LogP contribution is -2.36. The van der Waals surface area contributed by atoms with Crippen LogP contribution in [0.25, 0.3) is 5.69 Å². The van der Waals surface area contributed by atoms with Crippen molar-refractivity contribution in [1.29, 1.82) is 0 Å². The molecule has 0 amide bonds. The van der Waals surface area contributed by atoms with Crippen molar-refractivity contribution in [2.45, 2.75) is 20.0 Å². The quantitative estimate of drug-likeness (QED) is 0.500. The summed E-state index contributed by atoms with van der Waals surface area (Å²) < 4.78 is 7.69. The molecule has 6 heteroatoms. The molecule has 3 aromatic rings. The molecular formula is C21H25N5O. The molecule has 2 N–H and O–H groups in total. The van der Waals surface area contributed by atoms with Crippen molar-refractivity contribution in [3.05, 3.63) is 78.4 Å². The summed E-state index contributed by atoms with van der Waals surface area (Å²) in [6.45, 7) is 3.93. The molecule has 6 nitrogen and oxygen atoms in total. The summed E-state index contributed by atoms with van der Waals surface area (Å²) in [5.74, 6) is 1.63. The first-order valence-corrected chi connectivity index (χ1v) is 9.03. The van der Waals surface area contributed by atoms with Gasteiger partial charge in [-0.25, -0.2) is 4.98 Å². The molecule has 1 heterocycles. The second-order valence-corrected chi connectivity index (χ2v) is 5.92. The number of guanidine groups is 1. The van der Waals surface area contributed by atoms with E-state index >= 15 is 0 Å². The highest BCUT2D eigenvalue weighted by atomic mass is 16.5. The van der Waals surface area contributed by atoms with E-state index in [2.05, 4.69) is 38.8 Å². The maximum absolute atomic E-state index is 5.68. The van der Waals surface area contributed by atoms with E-state index in [1.807, 2.05) is 48.0 Å². The summed E-state index contributed by atoms with van der Waals surface area (Å²) in [5.41, 5.74) is 3.36. The Morgan fingerprint density at radius 1 is 1.04 bits per heavy atom. The van der Waals surface area contributed by atoms with E-state index in [4.69, 9.17) is 4.74 Å². The maximum Gasteiger partial charge on any atom is 0.191 e. The molecule has 0 bridgehead atoms. The average molecular weight is 363 g/mol. The number of rotatable bonds is 7. The van der Waals surface area contributed by atoms with Crippen molar-refractivity contribution in [3.63, 3.8) is 0 Å². The number of ether oxygens (including phenoxy) is 1. The van der Waals surface area contributed by atoms with Crippen LogP contribution in [0, 0.1) is 0 Å². The molecule has 0 aliphatic rings. The Balaban J connectivity index is 1.63. The third-order valence-electron chi connectivity index (χ3n) is 4.16. The van der Waals surface area contributed by atoms with E-state index in [9.17, 15) is 0 Å². The summed E-state index contributed by atoms with van der Waals surface area (Å²) in [4.78, 5) is 8.45. The van der Waals surface area contributed by atoms with Crippen LogP contribution in [0.5, 0.6) is 5.75 Å². The van der Waals surface area contributed by atoms with Crippen LogP contribution in [0.1, 0.15) is 18.1 Å². The molecule has 0 unspecified atom stereocenters. The van der Waals surface area contributed by atoms with Crippen molar-refractivity contribution in [2.24, 2.45) is 4.99 Å². The zero-order valence-electron chi connectivity index (χ0n) is 15.7. The van der Waals surface area contributed by atoms with Gasteiger partial charge in [0.2, 0.25) is 0 Å². The van der Waals surface area contributed by atoms with Crippen molar-refractivity contribution in [2.75, 3.05) is 13.7 Å². The monoisotopic (exact) mass is 363 g/mol. The fourth-order valence-corrected chi connectivity index (χ4v) is 2.84. The summed E-state index contributed by atoms with van der Waals surface area (Å²) >= 11 is 0. The van der Waals surface area contributed by atoms with Crippen LogP contribution in [0.4, 0.5) is 0 Å². The van der Waals surface area contributed by atoms with Gasteiger partial charge in [0, 0.05) is 38.1 Å². The zero-order valence-corrected chi connectivity index (χ0v) is 15.7. The molecule has 0 radical (unpaired) electrons. The van der Waals surface area contributed by atoms with Gasteiger partial charge in [-0.2, -0.15) is 0 Å². The van der Waals surface area contributed by atoms with Gasteiger partial charge >= 0.3 is 0 Å². The molecule has 0 spiro atoms. The third kappa shape index (κ3) is 4.88. The van der Waals surface area contributed by atoms with E-state index in [0.29, 0.717) is 19.7 Å². The zero-order chi connectivity index (χ0) is 18.9. The molecule has 0 saturated heterocycles. The molecule has 1 aromatic heterocycles. The van der Waals surface area contributed by atoms with Gasteiger partial charge in [0.15, 0.2) is 5.96 Å². The van der Waals surface area contributed by atoms with Crippen LogP contribution in [-0.4, -0.2) is 29.2 Å². The van der Waals surface area contributed by atoms with Crippen LogP contribution in [0.15, 0.2) is 72.2 Å². The Labute approximate surface area is 159 Å². The van der Waals surface area contributed by atoms with Gasteiger partial charge in [-0.3, -0.25) is 4.99 Å². The van der Waals surface area contributed by atoms with Gasteiger partial charge in [0.25, 0.3) is 0 Å². The molecule has 3 rings (SSSR count). The Morgan fingerprint density at radius 2 is 1.74 bits per heavy atom. The number of aromatic nitrogens is 2. The van der Waals surface area contributed by atoms with E-state index in [0.717, 1.165) is 28.5 Å². The molecule has 0 saturated carbocycles. The van der Waals surface area contributed by atoms with Gasteiger partial charge in [0.1, 0.15) is 5.75 Å². The predicted octanol–water partition coefficient (Wildman–Crippen LogP) is 3.14. The third-order valence-corrected chi connectivity index (χ3v) is 4.16. The van der Waals surface area contributed by atoms with Gasteiger partial charge in [-0.15, -0.1) is 0 Å². The Bertz CT molecular complexity index is 874. The number of nitrogens with one attached hydrogen (secondary N) is 2. The fourth-order valence-electron chi connectivity index (χ4n) is 2.84. The van der Waals surface area contributed by atoms with Gasteiger partial charge < -0.3 is 19.9 Å². The molecule has 27 heavy (non-hydrogen) atoms. The van der Waals surface area contributed by atoms with Crippen LogP contribution >= 0.6 is 0 Å². The minimum Gasteiger partial charge on any atom is -0.494 e. The van der Waals surface area contributed by atoms with E-state index in [-0.39, 0.29) is 0 Å². The second-order valence-electron chi connectivity index (χ2n) is 5.92. The first kappa shape index (κ1) is 18.5. The SMILES string of the molecule is CCOc1ccccc1CNC(=NC)NCc1ccccc1-n1ccnc1. The summed E-state index contributed by atoms with van der Waals surface area (Å²) in [7, 11) is 1.77. The van der Waals surface area contributed by atoms with Crippen molar-refractivity contribution in [3.8, 4) is 11.4 Å².